The second-order valence-electron chi connectivity index (χ2n) is 5.24. The van der Waals surface area contributed by atoms with E-state index in [1.165, 1.54) is 0 Å². The highest BCUT2D eigenvalue weighted by molar-refractivity contribution is 9.10. The summed E-state index contributed by atoms with van der Waals surface area (Å²) in [7, 11) is 3.32. The molecule has 3 rings (SSSR count). The summed E-state index contributed by atoms with van der Waals surface area (Å²) in [5.41, 5.74) is 3.90. The zero-order chi connectivity index (χ0) is 16.9. The Balaban J connectivity index is 1.89. The SMILES string of the molecule is COc1ccc(Cc2cc(-c3ccccc3OC)ncn2)cc1Br. The monoisotopic (exact) mass is 384 g/mol. The molecule has 0 aliphatic carbocycles. The predicted molar refractivity (Wildman–Crippen MR) is 97.5 cm³/mol. The molecule has 24 heavy (non-hydrogen) atoms. The number of hydrogen-bond donors (Lipinski definition) is 0. The first kappa shape index (κ1) is 16.5. The normalized spacial score (nSPS) is 10.5. The quantitative estimate of drug-likeness (QED) is 0.648. The van der Waals surface area contributed by atoms with Crippen molar-refractivity contribution in [1.82, 2.24) is 9.97 Å². The van der Waals surface area contributed by atoms with E-state index in [9.17, 15) is 0 Å². The Morgan fingerprint density at radius 1 is 0.917 bits per heavy atom. The average molecular weight is 385 g/mol. The minimum atomic E-state index is 0.716. The van der Waals surface area contributed by atoms with Crippen LogP contribution in [0.25, 0.3) is 11.3 Å². The van der Waals surface area contributed by atoms with E-state index >= 15 is 0 Å². The summed E-state index contributed by atoms with van der Waals surface area (Å²) < 4.78 is 11.6. The molecule has 0 radical (unpaired) electrons. The zero-order valence-electron chi connectivity index (χ0n) is 13.5. The van der Waals surface area contributed by atoms with Gasteiger partial charge in [-0.3, -0.25) is 0 Å². The minimum absolute atomic E-state index is 0.716. The number of halogens is 1. The maximum atomic E-state index is 5.42. The van der Waals surface area contributed by atoms with E-state index < -0.39 is 0 Å². The molecular weight excluding hydrogens is 368 g/mol. The largest absolute Gasteiger partial charge is 0.496 e. The molecule has 0 saturated heterocycles. The Kier molecular flexibility index (Phi) is 5.11. The molecule has 0 bridgehead atoms. The van der Waals surface area contributed by atoms with Crippen LogP contribution in [0, 0.1) is 0 Å². The summed E-state index contributed by atoms with van der Waals surface area (Å²) in [6, 6.07) is 15.9. The molecule has 0 aliphatic heterocycles. The van der Waals surface area contributed by atoms with Crippen LogP contribution in [-0.4, -0.2) is 24.2 Å². The topological polar surface area (TPSA) is 44.2 Å². The van der Waals surface area contributed by atoms with Crippen molar-refractivity contribution in [2.24, 2.45) is 0 Å². The molecule has 1 heterocycles. The Morgan fingerprint density at radius 3 is 2.46 bits per heavy atom. The predicted octanol–water partition coefficient (Wildman–Crippen LogP) is 4.51. The molecule has 5 heteroatoms. The van der Waals surface area contributed by atoms with Crippen molar-refractivity contribution in [1.29, 1.82) is 0 Å². The van der Waals surface area contributed by atoms with Crippen LogP contribution in [0.2, 0.25) is 0 Å². The van der Waals surface area contributed by atoms with Crippen LogP contribution in [0.3, 0.4) is 0 Å². The fourth-order valence-corrected chi connectivity index (χ4v) is 3.11. The van der Waals surface area contributed by atoms with Gasteiger partial charge in [-0.05, 0) is 51.8 Å². The summed E-state index contributed by atoms with van der Waals surface area (Å²) >= 11 is 3.52. The Bertz CT molecular complexity index is 852. The number of ether oxygens (including phenoxy) is 2. The highest BCUT2D eigenvalue weighted by Crippen LogP contribution is 2.29. The summed E-state index contributed by atoms with van der Waals surface area (Å²) in [5, 5.41) is 0. The summed E-state index contributed by atoms with van der Waals surface area (Å²) in [4.78, 5) is 8.77. The summed E-state index contributed by atoms with van der Waals surface area (Å²) in [6.45, 7) is 0. The lowest BCUT2D eigenvalue weighted by atomic mass is 10.1. The van der Waals surface area contributed by atoms with Crippen molar-refractivity contribution in [3.63, 3.8) is 0 Å². The van der Waals surface area contributed by atoms with Gasteiger partial charge < -0.3 is 9.47 Å². The maximum Gasteiger partial charge on any atom is 0.133 e. The number of nitrogens with zero attached hydrogens (tertiary/aromatic N) is 2. The summed E-state index contributed by atoms with van der Waals surface area (Å²) in [6.07, 6.45) is 2.31. The number of rotatable bonds is 5. The number of benzene rings is 2. The van der Waals surface area contributed by atoms with Crippen LogP contribution in [0.5, 0.6) is 11.5 Å². The van der Waals surface area contributed by atoms with Gasteiger partial charge in [0.05, 0.1) is 24.4 Å². The molecule has 4 nitrogen and oxygen atoms in total. The van der Waals surface area contributed by atoms with E-state index in [0.29, 0.717) is 6.42 Å². The van der Waals surface area contributed by atoms with Gasteiger partial charge in [0, 0.05) is 17.7 Å². The molecule has 122 valence electrons. The number of aromatic nitrogens is 2. The van der Waals surface area contributed by atoms with Gasteiger partial charge in [-0.1, -0.05) is 18.2 Å². The smallest absolute Gasteiger partial charge is 0.133 e. The number of para-hydroxylation sites is 1. The van der Waals surface area contributed by atoms with Crippen LogP contribution in [0.4, 0.5) is 0 Å². The van der Waals surface area contributed by atoms with E-state index in [0.717, 1.165) is 38.5 Å². The third-order valence-electron chi connectivity index (χ3n) is 3.71. The third kappa shape index (κ3) is 3.57. The average Bonchev–Trinajstić information content (AvgIpc) is 2.62. The standard InChI is InChI=1S/C19H17BrN2O2/c1-23-18-6-4-3-5-15(18)17-11-14(21-12-22-17)9-13-7-8-19(24-2)16(20)10-13/h3-8,10-12H,9H2,1-2H3. The first-order valence-corrected chi connectivity index (χ1v) is 8.27. The second kappa shape index (κ2) is 7.45. The number of hydrogen-bond acceptors (Lipinski definition) is 4. The first-order chi connectivity index (χ1) is 11.7. The van der Waals surface area contributed by atoms with Gasteiger partial charge in [-0.2, -0.15) is 0 Å². The lowest BCUT2D eigenvalue weighted by molar-refractivity contribution is 0.412. The molecule has 3 aromatic rings. The van der Waals surface area contributed by atoms with Crippen LogP contribution in [-0.2, 0) is 6.42 Å². The van der Waals surface area contributed by atoms with Gasteiger partial charge in [0.1, 0.15) is 17.8 Å². The van der Waals surface area contributed by atoms with Gasteiger partial charge in [-0.15, -0.1) is 0 Å². The fraction of sp³-hybridized carbons (Fsp3) is 0.158. The highest BCUT2D eigenvalue weighted by atomic mass is 79.9. The van der Waals surface area contributed by atoms with E-state index in [2.05, 4.69) is 25.9 Å². The van der Waals surface area contributed by atoms with Crippen molar-refractivity contribution < 1.29 is 9.47 Å². The molecule has 0 N–H and O–H groups in total. The van der Waals surface area contributed by atoms with Gasteiger partial charge in [-0.25, -0.2) is 9.97 Å². The van der Waals surface area contributed by atoms with Crippen LogP contribution < -0.4 is 9.47 Å². The molecular formula is C19H17BrN2O2. The zero-order valence-corrected chi connectivity index (χ0v) is 15.1. The van der Waals surface area contributed by atoms with Gasteiger partial charge >= 0.3 is 0 Å². The molecule has 0 unspecified atom stereocenters. The molecule has 0 saturated carbocycles. The van der Waals surface area contributed by atoms with Crippen LogP contribution >= 0.6 is 15.9 Å². The van der Waals surface area contributed by atoms with E-state index in [1.54, 1.807) is 20.5 Å². The van der Waals surface area contributed by atoms with Crippen molar-refractivity contribution in [3.8, 4) is 22.8 Å². The Labute approximate surface area is 149 Å². The Hall–Kier alpha value is -2.40. The van der Waals surface area contributed by atoms with E-state index in [1.807, 2.05) is 48.5 Å². The minimum Gasteiger partial charge on any atom is -0.496 e. The number of methoxy groups -OCH3 is 2. The van der Waals surface area contributed by atoms with Crippen LogP contribution in [0.15, 0.2) is 59.3 Å². The van der Waals surface area contributed by atoms with E-state index in [4.69, 9.17) is 9.47 Å². The lowest BCUT2D eigenvalue weighted by Gasteiger charge is -2.09. The van der Waals surface area contributed by atoms with Crippen molar-refractivity contribution >= 4 is 15.9 Å². The molecule has 0 spiro atoms. The summed E-state index contributed by atoms with van der Waals surface area (Å²) in [5.74, 6) is 1.62. The second-order valence-corrected chi connectivity index (χ2v) is 6.09. The van der Waals surface area contributed by atoms with Crippen molar-refractivity contribution in [2.45, 2.75) is 6.42 Å². The van der Waals surface area contributed by atoms with Gasteiger partial charge in [0.2, 0.25) is 0 Å². The fourth-order valence-electron chi connectivity index (χ4n) is 2.53. The Morgan fingerprint density at radius 2 is 1.71 bits per heavy atom. The third-order valence-corrected chi connectivity index (χ3v) is 4.33. The molecule has 0 fully saturated rings. The van der Waals surface area contributed by atoms with Crippen molar-refractivity contribution in [3.05, 3.63) is 70.6 Å². The lowest BCUT2D eigenvalue weighted by Crippen LogP contribution is -1.97. The van der Waals surface area contributed by atoms with Gasteiger partial charge in [0.15, 0.2) is 0 Å². The molecule has 0 amide bonds. The van der Waals surface area contributed by atoms with E-state index in [-0.39, 0.29) is 0 Å². The van der Waals surface area contributed by atoms with Crippen molar-refractivity contribution in [2.75, 3.05) is 14.2 Å². The maximum absolute atomic E-state index is 5.42. The molecule has 2 aromatic carbocycles. The van der Waals surface area contributed by atoms with Gasteiger partial charge in [0.25, 0.3) is 0 Å². The molecule has 0 atom stereocenters. The molecule has 1 aromatic heterocycles. The van der Waals surface area contributed by atoms with Crippen LogP contribution in [0.1, 0.15) is 11.3 Å². The molecule has 0 aliphatic rings. The highest BCUT2D eigenvalue weighted by Gasteiger charge is 2.09. The first-order valence-electron chi connectivity index (χ1n) is 7.48.